The molecule has 0 fully saturated rings. The first kappa shape index (κ1) is 8.69. The summed E-state index contributed by atoms with van der Waals surface area (Å²) >= 11 is 0. The monoisotopic (exact) mass is 138 g/mol. The highest BCUT2D eigenvalue weighted by Gasteiger charge is 1.79. The van der Waals surface area contributed by atoms with Crippen LogP contribution in [0.15, 0.2) is 36.5 Å². The second-order valence-corrected chi connectivity index (χ2v) is 1.90. The number of carbonyl (C=O) groups is 1. The molecule has 10 heavy (non-hydrogen) atoms. The molecule has 0 spiro atoms. The van der Waals surface area contributed by atoms with E-state index in [0.717, 1.165) is 11.6 Å². The zero-order valence-electron chi connectivity index (χ0n) is 5.87. The predicted octanol–water partition coefficient (Wildman–Crippen LogP) is 1.76. The van der Waals surface area contributed by atoms with E-state index in [9.17, 15) is 4.79 Å². The first-order chi connectivity index (χ1) is 4.63. The number of carboxylic acids is 1. The Morgan fingerprint density at radius 2 is 1.90 bits per heavy atom. The van der Waals surface area contributed by atoms with Gasteiger partial charge in [0.25, 0.3) is 0 Å². The van der Waals surface area contributed by atoms with E-state index in [0.29, 0.717) is 0 Å². The number of hydrogen-bond donors (Lipinski definition) is 1. The summed E-state index contributed by atoms with van der Waals surface area (Å²) in [4.78, 5) is 9.90. The van der Waals surface area contributed by atoms with E-state index in [-0.39, 0.29) is 0 Å². The maximum atomic E-state index is 9.90. The average molecular weight is 138 g/mol. The molecule has 2 heteroatoms. The van der Waals surface area contributed by atoms with Crippen molar-refractivity contribution < 1.29 is 9.90 Å². The maximum Gasteiger partial charge on any atom is 0.328 e. The molecule has 0 aromatic carbocycles. The van der Waals surface area contributed by atoms with Gasteiger partial charge in [-0.2, -0.15) is 0 Å². The van der Waals surface area contributed by atoms with Crippen molar-refractivity contribution in [1.29, 1.82) is 0 Å². The van der Waals surface area contributed by atoms with E-state index >= 15 is 0 Å². The van der Waals surface area contributed by atoms with Crippen LogP contribution in [0.1, 0.15) is 6.92 Å². The Balaban J connectivity index is 3.73. The quantitative estimate of drug-likeness (QED) is 0.476. The molecule has 0 amide bonds. The van der Waals surface area contributed by atoms with Crippen molar-refractivity contribution in [1.82, 2.24) is 0 Å². The van der Waals surface area contributed by atoms with Gasteiger partial charge < -0.3 is 5.11 Å². The van der Waals surface area contributed by atoms with Gasteiger partial charge in [0.05, 0.1) is 0 Å². The van der Waals surface area contributed by atoms with E-state index in [1.165, 1.54) is 6.08 Å². The molecule has 0 aliphatic rings. The summed E-state index contributed by atoms with van der Waals surface area (Å²) in [6.45, 7) is 5.44. The Hall–Kier alpha value is -1.31. The standard InChI is InChI=1S/C8H10O2/c1-7(2)5-3-4-6-8(9)10/h3-6H,1H2,2H3,(H,9,10)/b5-3+,6-4+. The van der Waals surface area contributed by atoms with Crippen molar-refractivity contribution in [2.45, 2.75) is 6.92 Å². The highest BCUT2D eigenvalue weighted by atomic mass is 16.4. The lowest BCUT2D eigenvalue weighted by Crippen LogP contribution is -1.84. The van der Waals surface area contributed by atoms with Crippen molar-refractivity contribution in [3.8, 4) is 0 Å². The van der Waals surface area contributed by atoms with Crippen molar-refractivity contribution in [3.05, 3.63) is 36.5 Å². The lowest BCUT2D eigenvalue weighted by Gasteiger charge is -1.79. The molecule has 54 valence electrons. The second kappa shape index (κ2) is 4.56. The first-order valence-electron chi connectivity index (χ1n) is 2.86. The zero-order valence-corrected chi connectivity index (χ0v) is 5.87. The molecule has 1 N–H and O–H groups in total. The summed E-state index contributed by atoms with van der Waals surface area (Å²) in [5, 5.41) is 8.14. The van der Waals surface area contributed by atoms with E-state index in [2.05, 4.69) is 6.58 Å². The fourth-order valence-electron chi connectivity index (χ4n) is 0.358. The Morgan fingerprint density at radius 3 is 2.30 bits per heavy atom. The fraction of sp³-hybridized carbons (Fsp3) is 0.125. The zero-order chi connectivity index (χ0) is 7.98. The molecule has 2 nitrogen and oxygen atoms in total. The number of rotatable bonds is 3. The molecular formula is C8H10O2. The number of aliphatic carboxylic acids is 1. The van der Waals surface area contributed by atoms with Crippen molar-refractivity contribution in [3.63, 3.8) is 0 Å². The van der Waals surface area contributed by atoms with Gasteiger partial charge in [0.1, 0.15) is 0 Å². The van der Waals surface area contributed by atoms with Crippen LogP contribution in [0.25, 0.3) is 0 Å². The molecule has 0 radical (unpaired) electrons. The Labute approximate surface area is 60.2 Å². The van der Waals surface area contributed by atoms with Gasteiger partial charge in [0.2, 0.25) is 0 Å². The van der Waals surface area contributed by atoms with Gasteiger partial charge in [-0.25, -0.2) is 4.79 Å². The van der Waals surface area contributed by atoms with Crippen LogP contribution >= 0.6 is 0 Å². The molecule has 0 saturated carbocycles. The van der Waals surface area contributed by atoms with Crippen LogP contribution in [-0.2, 0) is 4.79 Å². The number of carboxylic acid groups (broad SMARTS) is 1. The summed E-state index contributed by atoms with van der Waals surface area (Å²) in [5.41, 5.74) is 0.898. The maximum absolute atomic E-state index is 9.90. The summed E-state index contributed by atoms with van der Waals surface area (Å²) in [5.74, 6) is -0.939. The van der Waals surface area contributed by atoms with E-state index in [4.69, 9.17) is 5.11 Å². The van der Waals surface area contributed by atoms with Crippen molar-refractivity contribution >= 4 is 5.97 Å². The number of hydrogen-bond acceptors (Lipinski definition) is 1. The summed E-state index contributed by atoms with van der Waals surface area (Å²) in [7, 11) is 0. The van der Waals surface area contributed by atoms with Crippen LogP contribution in [0.3, 0.4) is 0 Å². The molecule has 0 saturated heterocycles. The van der Waals surface area contributed by atoms with E-state index in [1.54, 1.807) is 12.2 Å². The van der Waals surface area contributed by atoms with Gasteiger partial charge in [-0.15, -0.1) is 0 Å². The Kier molecular flexibility index (Phi) is 3.96. The van der Waals surface area contributed by atoms with Gasteiger partial charge >= 0.3 is 5.97 Å². The van der Waals surface area contributed by atoms with E-state index < -0.39 is 5.97 Å². The van der Waals surface area contributed by atoms with Crippen LogP contribution in [0.5, 0.6) is 0 Å². The average Bonchev–Trinajstić information content (AvgIpc) is 1.79. The highest BCUT2D eigenvalue weighted by molar-refractivity contribution is 5.80. The van der Waals surface area contributed by atoms with Crippen LogP contribution in [0.2, 0.25) is 0 Å². The van der Waals surface area contributed by atoms with Crippen molar-refractivity contribution in [2.24, 2.45) is 0 Å². The third-order valence-electron chi connectivity index (χ3n) is 0.731. The van der Waals surface area contributed by atoms with Crippen LogP contribution in [0, 0.1) is 0 Å². The SMILES string of the molecule is C=C(C)/C=C/C=C/C(=O)O. The molecule has 0 bridgehead atoms. The molecule has 0 atom stereocenters. The van der Waals surface area contributed by atoms with Crippen LogP contribution in [0.4, 0.5) is 0 Å². The predicted molar refractivity (Wildman–Crippen MR) is 40.7 cm³/mol. The minimum atomic E-state index is -0.939. The molecule has 0 rings (SSSR count). The molecule has 0 aromatic heterocycles. The fourth-order valence-corrected chi connectivity index (χ4v) is 0.358. The summed E-state index contributed by atoms with van der Waals surface area (Å²) in [6.07, 6.45) is 5.90. The minimum Gasteiger partial charge on any atom is -0.478 e. The van der Waals surface area contributed by atoms with Gasteiger partial charge in [0, 0.05) is 6.08 Å². The molecular weight excluding hydrogens is 128 g/mol. The third kappa shape index (κ3) is 6.69. The minimum absolute atomic E-state index is 0.898. The third-order valence-corrected chi connectivity index (χ3v) is 0.731. The van der Waals surface area contributed by atoms with Gasteiger partial charge in [-0.05, 0) is 6.92 Å². The second-order valence-electron chi connectivity index (χ2n) is 1.90. The first-order valence-corrected chi connectivity index (χ1v) is 2.86. The Morgan fingerprint density at radius 1 is 1.40 bits per heavy atom. The van der Waals surface area contributed by atoms with Crippen LogP contribution in [-0.4, -0.2) is 11.1 Å². The Bertz CT molecular complexity index is 165. The topological polar surface area (TPSA) is 37.3 Å². The largest absolute Gasteiger partial charge is 0.478 e. The van der Waals surface area contributed by atoms with Gasteiger partial charge in [-0.1, -0.05) is 30.4 Å². The molecule has 0 aromatic rings. The molecule has 0 aliphatic heterocycles. The molecule has 0 heterocycles. The normalized spacial score (nSPS) is 10.9. The lowest BCUT2D eigenvalue weighted by atomic mass is 10.3. The summed E-state index contributed by atoms with van der Waals surface area (Å²) in [6, 6.07) is 0. The lowest BCUT2D eigenvalue weighted by molar-refractivity contribution is -0.131. The van der Waals surface area contributed by atoms with E-state index in [1.807, 2.05) is 6.92 Å². The molecule has 0 aliphatic carbocycles. The van der Waals surface area contributed by atoms with Gasteiger partial charge in [-0.3, -0.25) is 0 Å². The van der Waals surface area contributed by atoms with Gasteiger partial charge in [0.15, 0.2) is 0 Å². The van der Waals surface area contributed by atoms with Crippen molar-refractivity contribution in [2.75, 3.05) is 0 Å². The highest BCUT2D eigenvalue weighted by Crippen LogP contribution is 1.88. The summed E-state index contributed by atoms with van der Waals surface area (Å²) < 4.78 is 0. The smallest absolute Gasteiger partial charge is 0.328 e. The number of allylic oxidation sites excluding steroid dienone is 4. The molecule has 0 unspecified atom stereocenters. The van der Waals surface area contributed by atoms with Crippen LogP contribution < -0.4 is 0 Å².